The van der Waals surface area contributed by atoms with E-state index in [1.54, 1.807) is 30.5 Å². The number of ether oxygens (including phenoxy) is 1. The predicted molar refractivity (Wildman–Crippen MR) is 120 cm³/mol. The molecule has 0 bridgehead atoms. The third kappa shape index (κ3) is 5.06. The first-order chi connectivity index (χ1) is 14.5. The van der Waals surface area contributed by atoms with Crippen LogP contribution in [0.25, 0.3) is 10.4 Å². The van der Waals surface area contributed by atoms with Crippen molar-refractivity contribution in [2.75, 3.05) is 0 Å². The Hall–Kier alpha value is -2.71. The lowest BCUT2D eigenvalue weighted by atomic mass is 10.2. The summed E-state index contributed by atoms with van der Waals surface area (Å²) in [6, 6.07) is 23.0. The summed E-state index contributed by atoms with van der Waals surface area (Å²) in [7, 11) is -3.64. The minimum Gasteiger partial charge on any atom is -0.439 e. The van der Waals surface area contributed by atoms with Crippen molar-refractivity contribution in [2.45, 2.75) is 11.4 Å². The molecule has 0 spiro atoms. The zero-order valence-corrected chi connectivity index (χ0v) is 18.0. The van der Waals surface area contributed by atoms with Crippen LogP contribution in [0.1, 0.15) is 4.88 Å². The smallest absolute Gasteiger partial charge is 0.240 e. The Morgan fingerprint density at radius 1 is 0.933 bits per heavy atom. The van der Waals surface area contributed by atoms with E-state index in [4.69, 9.17) is 16.3 Å². The maximum absolute atomic E-state index is 12.6. The third-order valence-corrected chi connectivity index (χ3v) is 7.02. The van der Waals surface area contributed by atoms with E-state index >= 15 is 0 Å². The van der Waals surface area contributed by atoms with Crippen LogP contribution in [0.2, 0.25) is 5.02 Å². The predicted octanol–water partition coefficient (Wildman–Crippen LogP) is 5.73. The van der Waals surface area contributed by atoms with Gasteiger partial charge in [-0.05, 0) is 60.2 Å². The summed E-state index contributed by atoms with van der Waals surface area (Å²) >= 11 is 7.46. The van der Waals surface area contributed by atoms with E-state index in [2.05, 4.69) is 9.71 Å². The molecule has 0 aliphatic carbocycles. The standard InChI is InChI=1S/C22H17ClN2O3S2/c23-17-6-4-16(5-7-17)21-13-10-19(29-21)15-25-30(26,27)20-11-8-18(9-12-20)28-22-3-1-2-14-24-22/h1-14,25H,15H2. The highest BCUT2D eigenvalue weighted by atomic mass is 35.5. The van der Waals surface area contributed by atoms with Crippen LogP contribution in [0.4, 0.5) is 0 Å². The Kier molecular flexibility index (Phi) is 6.15. The van der Waals surface area contributed by atoms with E-state index in [1.165, 1.54) is 23.5 Å². The van der Waals surface area contributed by atoms with Gasteiger partial charge in [0.1, 0.15) is 5.75 Å². The molecule has 0 radical (unpaired) electrons. The topological polar surface area (TPSA) is 68.3 Å². The SMILES string of the molecule is O=S(=O)(NCc1ccc(-c2ccc(Cl)cc2)s1)c1ccc(Oc2ccccn2)cc1. The highest BCUT2D eigenvalue weighted by molar-refractivity contribution is 7.89. The van der Waals surface area contributed by atoms with E-state index in [0.717, 1.165) is 15.3 Å². The Morgan fingerprint density at radius 2 is 1.70 bits per heavy atom. The van der Waals surface area contributed by atoms with E-state index in [-0.39, 0.29) is 11.4 Å². The van der Waals surface area contributed by atoms with Gasteiger partial charge in [-0.1, -0.05) is 29.8 Å². The van der Waals surface area contributed by atoms with E-state index < -0.39 is 10.0 Å². The molecule has 8 heteroatoms. The lowest BCUT2D eigenvalue weighted by Crippen LogP contribution is -2.22. The first-order valence-electron chi connectivity index (χ1n) is 9.03. The monoisotopic (exact) mass is 456 g/mol. The lowest BCUT2D eigenvalue weighted by molar-refractivity contribution is 0.462. The van der Waals surface area contributed by atoms with Crippen molar-refractivity contribution in [3.05, 3.63) is 95.0 Å². The van der Waals surface area contributed by atoms with Gasteiger partial charge in [0.05, 0.1) is 4.90 Å². The molecule has 1 N–H and O–H groups in total. The average molecular weight is 457 g/mol. The number of nitrogens with zero attached hydrogens (tertiary/aromatic N) is 1. The van der Waals surface area contributed by atoms with Crippen molar-refractivity contribution in [2.24, 2.45) is 0 Å². The number of nitrogens with one attached hydrogen (secondary N) is 1. The van der Waals surface area contributed by atoms with Crippen molar-refractivity contribution in [3.8, 4) is 22.1 Å². The first-order valence-corrected chi connectivity index (χ1v) is 11.7. The van der Waals surface area contributed by atoms with Crippen molar-refractivity contribution in [1.29, 1.82) is 0 Å². The fraction of sp³-hybridized carbons (Fsp3) is 0.0455. The summed E-state index contributed by atoms with van der Waals surface area (Å²) in [5.41, 5.74) is 1.04. The molecule has 0 saturated carbocycles. The van der Waals surface area contributed by atoms with Gasteiger partial charge in [-0.3, -0.25) is 0 Å². The lowest BCUT2D eigenvalue weighted by Gasteiger charge is -2.08. The number of hydrogen-bond acceptors (Lipinski definition) is 5. The second-order valence-corrected chi connectivity index (χ2v) is 9.71. The Morgan fingerprint density at radius 3 is 2.40 bits per heavy atom. The summed E-state index contributed by atoms with van der Waals surface area (Å²) in [5, 5.41) is 0.680. The fourth-order valence-electron chi connectivity index (χ4n) is 2.71. The molecule has 0 fully saturated rings. The summed E-state index contributed by atoms with van der Waals surface area (Å²) in [6.45, 7) is 0.215. The van der Waals surface area contributed by atoms with Crippen LogP contribution in [0.5, 0.6) is 11.6 Å². The maximum atomic E-state index is 12.6. The van der Waals surface area contributed by atoms with E-state index in [1.807, 2.05) is 42.5 Å². The quantitative estimate of drug-likeness (QED) is 0.385. The van der Waals surface area contributed by atoms with E-state index in [9.17, 15) is 8.42 Å². The summed E-state index contributed by atoms with van der Waals surface area (Å²) in [5.74, 6) is 0.957. The molecule has 0 unspecified atom stereocenters. The number of rotatable bonds is 7. The van der Waals surface area contributed by atoms with Crippen LogP contribution < -0.4 is 9.46 Å². The van der Waals surface area contributed by atoms with Crippen molar-refractivity contribution in [3.63, 3.8) is 0 Å². The van der Waals surface area contributed by atoms with Gasteiger partial charge in [0.15, 0.2) is 0 Å². The number of benzene rings is 2. The Balaban J connectivity index is 1.40. The van der Waals surface area contributed by atoms with Crippen LogP contribution in [0, 0.1) is 0 Å². The molecule has 0 amide bonds. The number of pyridine rings is 1. The molecule has 0 saturated heterocycles. The maximum Gasteiger partial charge on any atom is 0.240 e. The van der Waals surface area contributed by atoms with Crippen LogP contribution in [0.15, 0.2) is 90.0 Å². The molecule has 2 aromatic carbocycles. The van der Waals surface area contributed by atoms with Gasteiger partial charge in [0.2, 0.25) is 15.9 Å². The highest BCUT2D eigenvalue weighted by Gasteiger charge is 2.15. The number of sulfonamides is 1. The minimum absolute atomic E-state index is 0.172. The van der Waals surface area contributed by atoms with Gasteiger partial charge in [0.25, 0.3) is 0 Å². The van der Waals surface area contributed by atoms with Gasteiger partial charge in [0, 0.05) is 33.6 Å². The Bertz CT molecular complexity index is 1220. The van der Waals surface area contributed by atoms with Crippen LogP contribution in [-0.2, 0) is 16.6 Å². The fourth-order valence-corrected chi connectivity index (χ4v) is 4.88. The highest BCUT2D eigenvalue weighted by Crippen LogP contribution is 2.29. The largest absolute Gasteiger partial charge is 0.439 e. The zero-order valence-electron chi connectivity index (χ0n) is 15.7. The average Bonchev–Trinajstić information content (AvgIpc) is 3.23. The third-order valence-electron chi connectivity index (χ3n) is 4.22. The van der Waals surface area contributed by atoms with Gasteiger partial charge in [-0.25, -0.2) is 18.1 Å². The van der Waals surface area contributed by atoms with E-state index in [0.29, 0.717) is 16.7 Å². The molecule has 2 aromatic heterocycles. The summed E-state index contributed by atoms with van der Waals surface area (Å²) in [4.78, 5) is 6.22. The van der Waals surface area contributed by atoms with Crippen LogP contribution >= 0.6 is 22.9 Å². The van der Waals surface area contributed by atoms with Crippen LogP contribution in [-0.4, -0.2) is 13.4 Å². The zero-order chi connectivity index (χ0) is 21.0. The normalized spacial score (nSPS) is 11.4. The van der Waals surface area contributed by atoms with Gasteiger partial charge >= 0.3 is 0 Å². The van der Waals surface area contributed by atoms with Gasteiger partial charge in [-0.15, -0.1) is 11.3 Å². The summed E-state index contributed by atoms with van der Waals surface area (Å²) in [6.07, 6.45) is 1.63. The number of hydrogen-bond donors (Lipinski definition) is 1. The molecule has 30 heavy (non-hydrogen) atoms. The molecule has 4 aromatic rings. The van der Waals surface area contributed by atoms with Crippen LogP contribution in [0.3, 0.4) is 0 Å². The molecule has 2 heterocycles. The molecule has 0 aliphatic rings. The number of halogens is 1. The van der Waals surface area contributed by atoms with Gasteiger partial charge < -0.3 is 4.74 Å². The molecule has 0 atom stereocenters. The number of thiophene rings is 1. The Labute approximate surface area is 184 Å². The first kappa shape index (κ1) is 20.6. The molecule has 5 nitrogen and oxygen atoms in total. The molecule has 152 valence electrons. The molecular formula is C22H17ClN2O3S2. The molecule has 4 rings (SSSR count). The van der Waals surface area contributed by atoms with Gasteiger partial charge in [-0.2, -0.15) is 0 Å². The summed E-state index contributed by atoms with van der Waals surface area (Å²) < 4.78 is 33.5. The molecular weight excluding hydrogens is 440 g/mol. The van der Waals surface area contributed by atoms with Crippen molar-refractivity contribution >= 4 is 33.0 Å². The second kappa shape index (κ2) is 8.97. The minimum atomic E-state index is -3.64. The van der Waals surface area contributed by atoms with Crippen molar-refractivity contribution < 1.29 is 13.2 Å². The molecule has 0 aliphatic heterocycles. The number of aromatic nitrogens is 1. The van der Waals surface area contributed by atoms with Crippen molar-refractivity contribution in [1.82, 2.24) is 9.71 Å². The second-order valence-electron chi connectivity index (χ2n) is 6.34.